The Labute approximate surface area is 165 Å². The molecule has 1 aromatic carbocycles. The van der Waals surface area contributed by atoms with E-state index in [1.165, 1.54) is 0 Å². The van der Waals surface area contributed by atoms with Crippen molar-refractivity contribution in [1.29, 1.82) is 0 Å². The molecule has 28 heavy (non-hydrogen) atoms. The summed E-state index contributed by atoms with van der Waals surface area (Å²) in [6.45, 7) is 0.634. The number of aromatic nitrogens is 3. The van der Waals surface area contributed by atoms with Crippen molar-refractivity contribution in [3.63, 3.8) is 0 Å². The zero-order valence-corrected chi connectivity index (χ0v) is 15.7. The number of likely N-dealkylation sites (N-methyl/N-ethyl adjacent to an activating group) is 1. The molecule has 2 aromatic rings. The zero-order chi connectivity index (χ0) is 19.4. The van der Waals surface area contributed by atoms with E-state index < -0.39 is 17.7 Å². The molecule has 0 bridgehead atoms. The van der Waals surface area contributed by atoms with E-state index in [9.17, 15) is 18.4 Å². The minimum atomic E-state index is -0.739. The second-order valence-electron chi connectivity index (χ2n) is 6.09. The Bertz CT molecular complexity index is 848. The molecule has 0 spiro atoms. The quantitative estimate of drug-likeness (QED) is 0.580. The van der Waals surface area contributed by atoms with E-state index in [1.54, 1.807) is 17.9 Å². The van der Waals surface area contributed by atoms with E-state index in [0.717, 1.165) is 18.2 Å². The molecule has 0 saturated carbocycles. The van der Waals surface area contributed by atoms with Gasteiger partial charge in [0.05, 0.1) is 30.5 Å². The van der Waals surface area contributed by atoms with Crippen LogP contribution in [0.2, 0.25) is 0 Å². The van der Waals surface area contributed by atoms with Crippen LogP contribution in [0, 0.1) is 11.6 Å². The Hall–Kier alpha value is -2.79. The van der Waals surface area contributed by atoms with Crippen LogP contribution in [-0.2, 0) is 11.3 Å². The third-order valence-electron chi connectivity index (χ3n) is 4.21. The molecule has 4 N–H and O–H groups in total. The van der Waals surface area contributed by atoms with Gasteiger partial charge in [0.1, 0.15) is 17.3 Å². The Balaban J connectivity index is 0.00000280. The number of hydrogen-bond donors (Lipinski definition) is 4. The number of nitrogens with zero attached hydrogens (tertiary/aromatic N) is 3. The van der Waals surface area contributed by atoms with Gasteiger partial charge in [-0.05, 0) is 18.6 Å². The Morgan fingerprint density at radius 1 is 1.36 bits per heavy atom. The first-order valence-corrected chi connectivity index (χ1v) is 8.32. The maximum Gasteiger partial charge on any atom is 0.319 e. The number of halogens is 3. The van der Waals surface area contributed by atoms with E-state index in [2.05, 4.69) is 31.6 Å². The van der Waals surface area contributed by atoms with E-state index in [-0.39, 0.29) is 42.6 Å². The van der Waals surface area contributed by atoms with Gasteiger partial charge in [-0.1, -0.05) is 5.21 Å². The second-order valence-corrected chi connectivity index (χ2v) is 6.09. The summed E-state index contributed by atoms with van der Waals surface area (Å²) in [5.74, 6) is -1.48. The number of urea groups is 1. The van der Waals surface area contributed by atoms with Crippen LogP contribution in [0.3, 0.4) is 0 Å². The summed E-state index contributed by atoms with van der Waals surface area (Å²) in [4.78, 5) is 23.5. The lowest BCUT2D eigenvalue weighted by molar-refractivity contribution is -0.122. The van der Waals surface area contributed by atoms with E-state index in [0.29, 0.717) is 18.7 Å². The number of benzene rings is 1. The van der Waals surface area contributed by atoms with Crippen LogP contribution in [0.15, 0.2) is 24.4 Å². The summed E-state index contributed by atoms with van der Waals surface area (Å²) in [6, 6.07) is 1.78. The Kier molecular flexibility index (Phi) is 7.24. The molecule has 2 heterocycles. The van der Waals surface area contributed by atoms with Gasteiger partial charge in [-0.15, -0.1) is 17.5 Å². The van der Waals surface area contributed by atoms with Crippen LogP contribution in [0.5, 0.6) is 0 Å². The summed E-state index contributed by atoms with van der Waals surface area (Å²) in [7, 11) is 1.58. The first-order chi connectivity index (χ1) is 13.0. The molecule has 9 nitrogen and oxygen atoms in total. The van der Waals surface area contributed by atoms with Crippen LogP contribution in [0.4, 0.5) is 19.3 Å². The molecule has 0 aliphatic carbocycles. The van der Waals surface area contributed by atoms with Crippen molar-refractivity contribution >= 4 is 30.0 Å². The van der Waals surface area contributed by atoms with Gasteiger partial charge in [0, 0.05) is 19.7 Å². The highest BCUT2D eigenvalue weighted by molar-refractivity contribution is 5.89. The van der Waals surface area contributed by atoms with Crippen LogP contribution in [0.25, 0.3) is 0 Å². The van der Waals surface area contributed by atoms with Gasteiger partial charge >= 0.3 is 6.03 Å². The molecule has 2 atom stereocenters. The molecular formula is C16H20ClF2N7O2. The molecule has 3 amide bonds. The van der Waals surface area contributed by atoms with Gasteiger partial charge in [-0.25, -0.2) is 18.3 Å². The highest BCUT2D eigenvalue weighted by Gasteiger charge is 2.30. The summed E-state index contributed by atoms with van der Waals surface area (Å²) < 4.78 is 28.3. The largest absolute Gasteiger partial charge is 0.358 e. The van der Waals surface area contributed by atoms with Gasteiger partial charge < -0.3 is 21.3 Å². The summed E-state index contributed by atoms with van der Waals surface area (Å²) in [5.41, 5.74) is 0.238. The number of rotatable bonds is 5. The molecule has 1 saturated heterocycles. The minimum absolute atomic E-state index is 0. The first kappa shape index (κ1) is 21.5. The molecule has 0 unspecified atom stereocenters. The fourth-order valence-electron chi connectivity index (χ4n) is 2.80. The molecule has 3 rings (SSSR count). The van der Waals surface area contributed by atoms with Crippen molar-refractivity contribution in [2.75, 3.05) is 18.9 Å². The number of hydrogen-bond acceptors (Lipinski definition) is 5. The summed E-state index contributed by atoms with van der Waals surface area (Å²) >= 11 is 0. The SMILES string of the molecule is CNC(=O)[C@@H]1C[C@H](n2cc(CNC(=O)Nc3cc(F)ccc3F)nn2)CN1.Cl. The standard InChI is InChI=1S/C16H19F2N7O2.ClH/c1-19-15(26)14-5-11(7-20-14)25-8-10(23-24-25)6-21-16(27)22-13-4-9(17)2-3-12(13)18;/h2-4,8,11,14,20H,5-7H2,1H3,(H,19,26)(H2,21,22,27);1H/t11-,14-;/m0./s1. The maximum atomic E-state index is 13.5. The molecule has 1 aliphatic rings. The van der Waals surface area contributed by atoms with Crippen molar-refractivity contribution in [2.45, 2.75) is 25.0 Å². The third kappa shape index (κ3) is 5.14. The van der Waals surface area contributed by atoms with Gasteiger partial charge in [-0.3, -0.25) is 4.79 Å². The lowest BCUT2D eigenvalue weighted by Gasteiger charge is -2.09. The first-order valence-electron chi connectivity index (χ1n) is 8.32. The lowest BCUT2D eigenvalue weighted by Crippen LogP contribution is -2.38. The molecular weight excluding hydrogens is 396 g/mol. The third-order valence-corrected chi connectivity index (χ3v) is 4.21. The van der Waals surface area contributed by atoms with Crippen molar-refractivity contribution in [1.82, 2.24) is 30.9 Å². The fourth-order valence-corrected chi connectivity index (χ4v) is 2.80. The van der Waals surface area contributed by atoms with Crippen LogP contribution in [-0.4, -0.2) is 46.6 Å². The van der Waals surface area contributed by atoms with Gasteiger partial charge in [0.2, 0.25) is 5.91 Å². The maximum absolute atomic E-state index is 13.5. The van der Waals surface area contributed by atoms with Crippen LogP contribution < -0.4 is 21.3 Å². The summed E-state index contributed by atoms with van der Waals surface area (Å²) in [5, 5.41) is 18.4. The molecule has 1 aliphatic heterocycles. The van der Waals surface area contributed by atoms with Crippen molar-refractivity contribution < 1.29 is 18.4 Å². The zero-order valence-electron chi connectivity index (χ0n) is 14.9. The van der Waals surface area contributed by atoms with Crippen LogP contribution in [0.1, 0.15) is 18.2 Å². The van der Waals surface area contributed by atoms with Crippen LogP contribution >= 0.6 is 12.4 Å². The average molecular weight is 416 g/mol. The number of amides is 3. The number of carbonyl (C=O) groups excluding carboxylic acids is 2. The predicted octanol–water partition coefficient (Wildman–Crippen LogP) is 0.949. The predicted molar refractivity (Wildman–Crippen MR) is 99.0 cm³/mol. The van der Waals surface area contributed by atoms with Crippen molar-refractivity contribution in [3.05, 3.63) is 41.7 Å². The highest BCUT2D eigenvalue weighted by atomic mass is 35.5. The Morgan fingerprint density at radius 3 is 2.89 bits per heavy atom. The van der Waals surface area contributed by atoms with E-state index in [1.807, 2.05) is 0 Å². The van der Waals surface area contributed by atoms with E-state index >= 15 is 0 Å². The van der Waals surface area contributed by atoms with Gasteiger partial charge in [0.15, 0.2) is 0 Å². The van der Waals surface area contributed by atoms with Gasteiger partial charge in [0.25, 0.3) is 0 Å². The molecule has 12 heteroatoms. The average Bonchev–Trinajstić information content (AvgIpc) is 3.31. The number of nitrogens with one attached hydrogen (secondary N) is 4. The molecule has 1 aromatic heterocycles. The lowest BCUT2D eigenvalue weighted by atomic mass is 10.1. The highest BCUT2D eigenvalue weighted by Crippen LogP contribution is 2.19. The molecule has 0 radical (unpaired) electrons. The number of anilines is 1. The summed E-state index contributed by atoms with van der Waals surface area (Å²) in [6.07, 6.45) is 2.25. The normalized spacial score (nSPS) is 18.2. The molecule has 1 fully saturated rings. The van der Waals surface area contributed by atoms with E-state index in [4.69, 9.17) is 0 Å². The van der Waals surface area contributed by atoms with Gasteiger partial charge in [-0.2, -0.15) is 0 Å². The van der Waals surface area contributed by atoms with Crippen molar-refractivity contribution in [3.8, 4) is 0 Å². The topological polar surface area (TPSA) is 113 Å². The smallest absolute Gasteiger partial charge is 0.319 e. The fraction of sp³-hybridized carbons (Fsp3) is 0.375. The monoisotopic (exact) mass is 415 g/mol. The minimum Gasteiger partial charge on any atom is -0.358 e. The van der Waals surface area contributed by atoms with Crippen molar-refractivity contribution in [2.24, 2.45) is 0 Å². The number of carbonyl (C=O) groups is 2. The Morgan fingerprint density at radius 2 is 2.14 bits per heavy atom. The second kappa shape index (κ2) is 9.42. The molecule has 152 valence electrons.